The average Bonchev–Trinajstić information content (AvgIpc) is 2.38. The van der Waals surface area contributed by atoms with E-state index in [2.05, 4.69) is 0 Å². The topological polar surface area (TPSA) is 69.7 Å². The lowest BCUT2D eigenvalue weighted by atomic mass is 10.2. The molecule has 6 heteroatoms. The fraction of sp³-hybridized carbons (Fsp3) is 0.462. The summed E-state index contributed by atoms with van der Waals surface area (Å²) in [7, 11) is -1.66. The van der Waals surface area contributed by atoms with Gasteiger partial charge < -0.3 is 9.47 Å². The molecule has 0 heterocycles. The highest BCUT2D eigenvalue weighted by molar-refractivity contribution is 7.91. The molecular weight excluding hydrogens is 268 g/mol. The molecule has 0 unspecified atom stereocenters. The lowest BCUT2D eigenvalue weighted by Gasteiger charge is -2.12. The molecule has 1 aromatic carbocycles. The van der Waals surface area contributed by atoms with Gasteiger partial charge in [-0.25, -0.2) is 8.42 Å². The number of benzene rings is 1. The van der Waals surface area contributed by atoms with Crippen molar-refractivity contribution in [3.8, 4) is 11.5 Å². The molecule has 0 amide bonds. The largest absolute Gasteiger partial charge is 0.493 e. The van der Waals surface area contributed by atoms with Gasteiger partial charge in [-0.3, -0.25) is 4.79 Å². The smallest absolute Gasteiger partial charge is 0.161 e. The van der Waals surface area contributed by atoms with Gasteiger partial charge in [0, 0.05) is 5.56 Å². The van der Waals surface area contributed by atoms with Gasteiger partial charge in [0.25, 0.3) is 0 Å². The van der Waals surface area contributed by atoms with E-state index in [4.69, 9.17) is 9.47 Å². The molecule has 0 fully saturated rings. The van der Waals surface area contributed by atoms with E-state index >= 15 is 0 Å². The van der Waals surface area contributed by atoms with Crippen LogP contribution in [-0.2, 0) is 9.84 Å². The van der Waals surface area contributed by atoms with Crippen LogP contribution in [0.4, 0.5) is 0 Å². The van der Waals surface area contributed by atoms with E-state index < -0.39 is 15.1 Å². The number of hydrogen-bond donors (Lipinski definition) is 0. The van der Waals surface area contributed by atoms with Gasteiger partial charge in [0.2, 0.25) is 0 Å². The number of methoxy groups -OCH3 is 1. The third-order valence-electron chi connectivity index (χ3n) is 2.67. The number of ether oxygens (including phenoxy) is 2. The van der Waals surface area contributed by atoms with Gasteiger partial charge in [0.1, 0.15) is 12.9 Å². The first-order chi connectivity index (χ1) is 8.90. The monoisotopic (exact) mass is 286 g/mol. The van der Waals surface area contributed by atoms with E-state index in [1.165, 1.54) is 13.2 Å². The second-order valence-electron chi connectivity index (χ2n) is 4.29. The van der Waals surface area contributed by atoms with Gasteiger partial charge in [0.05, 0.1) is 18.1 Å². The Morgan fingerprint density at radius 3 is 2.47 bits per heavy atom. The molecule has 1 aromatic rings. The fourth-order valence-corrected chi connectivity index (χ4v) is 2.17. The van der Waals surface area contributed by atoms with Crippen molar-refractivity contribution in [2.75, 3.05) is 19.5 Å². The minimum absolute atomic E-state index is 0.0270. The highest BCUT2D eigenvalue weighted by Gasteiger charge is 2.16. The third kappa shape index (κ3) is 4.24. The Morgan fingerprint density at radius 1 is 1.26 bits per heavy atom. The van der Waals surface area contributed by atoms with Gasteiger partial charge in [0.15, 0.2) is 21.3 Å². The lowest BCUT2D eigenvalue weighted by molar-refractivity contribution is 0.112. The molecule has 5 nitrogen and oxygen atoms in total. The zero-order valence-corrected chi connectivity index (χ0v) is 12.1. The van der Waals surface area contributed by atoms with E-state index in [0.29, 0.717) is 23.3 Å². The number of hydrogen-bond acceptors (Lipinski definition) is 5. The van der Waals surface area contributed by atoms with Crippen molar-refractivity contribution in [1.29, 1.82) is 0 Å². The summed E-state index contributed by atoms with van der Waals surface area (Å²) >= 11 is 0. The Kier molecular flexibility index (Phi) is 5.35. The fourth-order valence-electron chi connectivity index (χ4n) is 1.38. The maximum atomic E-state index is 11.6. The van der Waals surface area contributed by atoms with Gasteiger partial charge in [-0.1, -0.05) is 0 Å². The molecule has 19 heavy (non-hydrogen) atoms. The zero-order chi connectivity index (χ0) is 14.5. The van der Waals surface area contributed by atoms with E-state index in [0.717, 1.165) is 0 Å². The van der Waals surface area contributed by atoms with Gasteiger partial charge in [-0.2, -0.15) is 0 Å². The predicted molar refractivity (Wildman–Crippen MR) is 72.8 cm³/mol. The average molecular weight is 286 g/mol. The van der Waals surface area contributed by atoms with Crippen LogP contribution in [0.5, 0.6) is 11.5 Å². The Bertz CT molecular complexity index is 534. The summed E-state index contributed by atoms with van der Waals surface area (Å²) in [6.07, 6.45) is 0.692. The summed E-state index contributed by atoms with van der Waals surface area (Å²) in [5.41, 5.74) is 0.447. The number of aldehydes is 1. The standard InChI is InChI=1S/C13H18O5S/c1-10(2)19(15,16)7-6-18-13-8-11(9-14)4-5-12(13)17-3/h4-5,8-10H,6-7H2,1-3H3. The first-order valence-electron chi connectivity index (χ1n) is 5.88. The first-order valence-corrected chi connectivity index (χ1v) is 7.60. The van der Waals surface area contributed by atoms with Crippen molar-refractivity contribution in [2.45, 2.75) is 19.1 Å². The van der Waals surface area contributed by atoms with Crippen molar-refractivity contribution < 1.29 is 22.7 Å². The summed E-state index contributed by atoms with van der Waals surface area (Å²) in [4.78, 5) is 10.7. The van der Waals surface area contributed by atoms with Crippen LogP contribution in [0.3, 0.4) is 0 Å². The summed E-state index contributed by atoms with van der Waals surface area (Å²) < 4.78 is 33.7. The van der Waals surface area contributed by atoms with Crippen molar-refractivity contribution in [2.24, 2.45) is 0 Å². The van der Waals surface area contributed by atoms with Gasteiger partial charge >= 0.3 is 0 Å². The molecule has 0 aliphatic rings. The minimum atomic E-state index is -3.14. The highest BCUT2D eigenvalue weighted by Crippen LogP contribution is 2.27. The lowest BCUT2D eigenvalue weighted by Crippen LogP contribution is -2.22. The van der Waals surface area contributed by atoms with Crippen LogP contribution >= 0.6 is 0 Å². The Labute approximate surface area is 113 Å². The van der Waals surface area contributed by atoms with E-state index in [1.54, 1.807) is 26.0 Å². The number of sulfone groups is 1. The normalized spacial score (nSPS) is 11.4. The van der Waals surface area contributed by atoms with Gasteiger partial charge in [-0.15, -0.1) is 0 Å². The van der Waals surface area contributed by atoms with Crippen LogP contribution in [0, 0.1) is 0 Å². The Balaban J connectivity index is 2.74. The molecule has 106 valence electrons. The van der Waals surface area contributed by atoms with Crippen LogP contribution in [0.2, 0.25) is 0 Å². The van der Waals surface area contributed by atoms with E-state index in [9.17, 15) is 13.2 Å². The SMILES string of the molecule is COc1ccc(C=O)cc1OCCS(=O)(=O)C(C)C. The summed E-state index contributed by atoms with van der Waals surface area (Å²) in [6, 6.07) is 4.73. The van der Waals surface area contributed by atoms with Crippen LogP contribution in [0.15, 0.2) is 18.2 Å². The molecule has 0 saturated heterocycles. The second kappa shape index (κ2) is 6.56. The molecular formula is C13H18O5S. The van der Waals surface area contributed by atoms with Crippen LogP contribution in [0.1, 0.15) is 24.2 Å². The Morgan fingerprint density at radius 2 is 1.95 bits per heavy atom. The second-order valence-corrected chi connectivity index (χ2v) is 6.97. The molecule has 0 saturated carbocycles. The maximum Gasteiger partial charge on any atom is 0.161 e. The van der Waals surface area contributed by atoms with Gasteiger partial charge in [-0.05, 0) is 32.0 Å². The molecule has 0 aromatic heterocycles. The van der Waals surface area contributed by atoms with E-state index in [1.807, 2.05) is 0 Å². The minimum Gasteiger partial charge on any atom is -0.493 e. The first kappa shape index (κ1) is 15.5. The molecule has 0 spiro atoms. The molecule has 0 bridgehead atoms. The van der Waals surface area contributed by atoms with Crippen molar-refractivity contribution in [3.05, 3.63) is 23.8 Å². The molecule has 0 aliphatic heterocycles. The van der Waals surface area contributed by atoms with Crippen molar-refractivity contribution in [3.63, 3.8) is 0 Å². The van der Waals surface area contributed by atoms with Crippen LogP contribution in [0.25, 0.3) is 0 Å². The number of carbonyl (C=O) groups is 1. The quantitative estimate of drug-likeness (QED) is 0.714. The van der Waals surface area contributed by atoms with Crippen molar-refractivity contribution >= 4 is 16.1 Å². The van der Waals surface area contributed by atoms with Crippen molar-refractivity contribution in [1.82, 2.24) is 0 Å². The number of rotatable bonds is 7. The zero-order valence-electron chi connectivity index (χ0n) is 11.3. The molecule has 0 atom stereocenters. The summed E-state index contributed by atoms with van der Waals surface area (Å²) in [5.74, 6) is 0.762. The molecule has 0 N–H and O–H groups in total. The van der Waals surface area contributed by atoms with Crippen LogP contribution in [-0.4, -0.2) is 39.4 Å². The highest BCUT2D eigenvalue weighted by atomic mass is 32.2. The van der Waals surface area contributed by atoms with E-state index in [-0.39, 0.29) is 12.4 Å². The third-order valence-corrected chi connectivity index (χ3v) is 4.84. The van der Waals surface area contributed by atoms with Crippen LogP contribution < -0.4 is 9.47 Å². The molecule has 0 radical (unpaired) electrons. The molecule has 0 aliphatic carbocycles. The Hall–Kier alpha value is -1.56. The molecule has 1 rings (SSSR count). The summed E-state index contributed by atoms with van der Waals surface area (Å²) in [6.45, 7) is 3.28. The number of carbonyl (C=O) groups excluding carboxylic acids is 1. The summed E-state index contributed by atoms with van der Waals surface area (Å²) in [5, 5.41) is -0.431. The predicted octanol–water partition coefficient (Wildman–Crippen LogP) is 1.71. The maximum absolute atomic E-state index is 11.6.